The first kappa shape index (κ1) is 10.5. The summed E-state index contributed by atoms with van der Waals surface area (Å²) >= 11 is 0. The first-order chi connectivity index (χ1) is 6.70. The van der Waals surface area contributed by atoms with Crippen LogP contribution in [0.1, 0.15) is 15.9 Å². The van der Waals surface area contributed by atoms with Gasteiger partial charge < -0.3 is 15.2 Å². The van der Waals surface area contributed by atoms with Gasteiger partial charge in [-0.1, -0.05) is 12.1 Å². The fraction of sp³-hybridized carbons (Fsp3) is 0.300. The first-order valence-electron chi connectivity index (χ1n) is 4.15. The second-order valence-corrected chi connectivity index (χ2v) is 2.80. The van der Waals surface area contributed by atoms with Crippen molar-refractivity contribution in [3.63, 3.8) is 0 Å². The minimum absolute atomic E-state index is 0.377. The lowest BCUT2D eigenvalue weighted by Gasteiger charge is -2.08. The van der Waals surface area contributed by atoms with Gasteiger partial charge in [-0.2, -0.15) is 0 Å². The van der Waals surface area contributed by atoms with Crippen LogP contribution in [0, 0.1) is 0 Å². The largest absolute Gasteiger partial charge is 0.465 e. The van der Waals surface area contributed by atoms with E-state index in [4.69, 9.17) is 10.5 Å². The van der Waals surface area contributed by atoms with Crippen LogP contribution in [0.4, 0.5) is 5.69 Å². The summed E-state index contributed by atoms with van der Waals surface area (Å²) in [6, 6.07) is 5.18. The minimum Gasteiger partial charge on any atom is -0.465 e. The molecule has 2 N–H and O–H groups in total. The third-order valence-corrected chi connectivity index (χ3v) is 1.90. The molecule has 0 aliphatic heterocycles. The summed E-state index contributed by atoms with van der Waals surface area (Å²) in [5.41, 5.74) is 7.35. The van der Waals surface area contributed by atoms with E-state index >= 15 is 0 Å². The number of nitrogens with two attached hydrogens (primary N) is 1. The molecule has 0 aliphatic carbocycles. The van der Waals surface area contributed by atoms with Crippen molar-refractivity contribution in [2.24, 2.45) is 0 Å². The number of para-hydroxylation sites is 1. The molecule has 1 rings (SSSR count). The number of hydrogen-bond acceptors (Lipinski definition) is 4. The van der Waals surface area contributed by atoms with Crippen LogP contribution in [0.5, 0.6) is 0 Å². The highest BCUT2D eigenvalue weighted by atomic mass is 16.5. The van der Waals surface area contributed by atoms with E-state index in [9.17, 15) is 4.79 Å². The maximum atomic E-state index is 11.2. The fourth-order valence-corrected chi connectivity index (χ4v) is 1.18. The molecule has 0 fully saturated rings. The molecular formula is C10H13NO3. The van der Waals surface area contributed by atoms with Gasteiger partial charge in [0.25, 0.3) is 0 Å². The molecule has 76 valence electrons. The van der Waals surface area contributed by atoms with Gasteiger partial charge in [0.2, 0.25) is 0 Å². The molecule has 0 radical (unpaired) electrons. The molecule has 0 heterocycles. The van der Waals surface area contributed by atoms with Crippen LogP contribution in [0.3, 0.4) is 0 Å². The Bertz CT molecular complexity index is 336. The SMILES string of the molecule is COCc1cccc(C(=O)OC)c1N. The molecule has 1 aromatic carbocycles. The van der Waals surface area contributed by atoms with E-state index in [1.165, 1.54) is 7.11 Å². The number of nitrogen functional groups attached to an aromatic ring is 1. The third-order valence-electron chi connectivity index (χ3n) is 1.90. The van der Waals surface area contributed by atoms with Crippen LogP contribution in [-0.2, 0) is 16.1 Å². The van der Waals surface area contributed by atoms with Gasteiger partial charge in [-0.15, -0.1) is 0 Å². The van der Waals surface area contributed by atoms with E-state index < -0.39 is 5.97 Å². The molecule has 4 heteroatoms. The van der Waals surface area contributed by atoms with E-state index in [-0.39, 0.29) is 0 Å². The molecule has 0 unspecified atom stereocenters. The highest BCUT2D eigenvalue weighted by Gasteiger charge is 2.11. The van der Waals surface area contributed by atoms with Crippen molar-refractivity contribution in [1.82, 2.24) is 0 Å². The van der Waals surface area contributed by atoms with E-state index in [0.29, 0.717) is 17.9 Å². The number of carbonyl (C=O) groups is 1. The van der Waals surface area contributed by atoms with Crippen LogP contribution in [-0.4, -0.2) is 20.2 Å². The normalized spacial score (nSPS) is 9.86. The Morgan fingerprint density at radius 3 is 2.71 bits per heavy atom. The second-order valence-electron chi connectivity index (χ2n) is 2.80. The number of esters is 1. The van der Waals surface area contributed by atoms with E-state index in [1.54, 1.807) is 19.2 Å². The van der Waals surface area contributed by atoms with E-state index in [2.05, 4.69) is 4.74 Å². The summed E-state index contributed by atoms with van der Waals surface area (Å²) in [7, 11) is 2.90. The number of carbonyl (C=O) groups excluding carboxylic acids is 1. The minimum atomic E-state index is -0.430. The van der Waals surface area contributed by atoms with Crippen molar-refractivity contribution in [1.29, 1.82) is 0 Å². The standard InChI is InChI=1S/C10H13NO3/c1-13-6-7-4-3-5-8(9(7)11)10(12)14-2/h3-5H,6,11H2,1-2H3. The molecule has 14 heavy (non-hydrogen) atoms. The van der Waals surface area contributed by atoms with Crippen molar-refractivity contribution < 1.29 is 14.3 Å². The summed E-state index contributed by atoms with van der Waals surface area (Å²) in [6.07, 6.45) is 0. The molecule has 0 aliphatic rings. The highest BCUT2D eigenvalue weighted by Crippen LogP contribution is 2.18. The van der Waals surface area contributed by atoms with Crippen molar-refractivity contribution in [3.8, 4) is 0 Å². The second kappa shape index (κ2) is 4.62. The highest BCUT2D eigenvalue weighted by molar-refractivity contribution is 5.95. The van der Waals surface area contributed by atoms with Crippen LogP contribution in [0.15, 0.2) is 18.2 Å². The monoisotopic (exact) mass is 195 g/mol. The Kier molecular flexibility index (Phi) is 3.48. The first-order valence-corrected chi connectivity index (χ1v) is 4.15. The van der Waals surface area contributed by atoms with Crippen molar-refractivity contribution >= 4 is 11.7 Å². The Balaban J connectivity index is 3.07. The average molecular weight is 195 g/mol. The van der Waals surface area contributed by atoms with Crippen molar-refractivity contribution in [2.45, 2.75) is 6.61 Å². The number of benzene rings is 1. The Morgan fingerprint density at radius 2 is 2.14 bits per heavy atom. The number of anilines is 1. The zero-order valence-electron chi connectivity index (χ0n) is 8.24. The van der Waals surface area contributed by atoms with Gasteiger partial charge in [-0.25, -0.2) is 4.79 Å². The Labute approximate surface area is 82.6 Å². The summed E-state index contributed by atoms with van der Waals surface area (Å²) in [4.78, 5) is 11.2. The van der Waals surface area contributed by atoms with E-state index in [1.807, 2.05) is 6.07 Å². The van der Waals surface area contributed by atoms with Gasteiger partial charge in [-0.3, -0.25) is 0 Å². The Morgan fingerprint density at radius 1 is 1.43 bits per heavy atom. The third kappa shape index (κ3) is 2.03. The van der Waals surface area contributed by atoms with Crippen LogP contribution in [0.25, 0.3) is 0 Å². The quantitative estimate of drug-likeness (QED) is 0.581. The van der Waals surface area contributed by atoms with Crippen LogP contribution >= 0.6 is 0 Å². The van der Waals surface area contributed by atoms with Gasteiger partial charge in [0.1, 0.15) is 0 Å². The van der Waals surface area contributed by atoms with Gasteiger partial charge >= 0.3 is 5.97 Å². The molecule has 0 amide bonds. The summed E-state index contributed by atoms with van der Waals surface area (Å²) in [5, 5.41) is 0. The molecule has 1 aromatic rings. The van der Waals surface area contributed by atoms with Crippen molar-refractivity contribution in [3.05, 3.63) is 29.3 Å². The summed E-state index contributed by atoms with van der Waals surface area (Å²) in [5.74, 6) is -0.430. The number of methoxy groups -OCH3 is 2. The fourth-order valence-electron chi connectivity index (χ4n) is 1.18. The smallest absolute Gasteiger partial charge is 0.339 e. The Hall–Kier alpha value is -1.55. The lowest BCUT2D eigenvalue weighted by atomic mass is 10.1. The average Bonchev–Trinajstić information content (AvgIpc) is 2.20. The van der Waals surface area contributed by atoms with Crippen molar-refractivity contribution in [2.75, 3.05) is 20.0 Å². The predicted octanol–water partition coefficient (Wildman–Crippen LogP) is 1.20. The molecule has 0 saturated heterocycles. The predicted molar refractivity (Wildman–Crippen MR) is 52.9 cm³/mol. The molecule has 0 bridgehead atoms. The van der Waals surface area contributed by atoms with Gasteiger partial charge in [-0.05, 0) is 6.07 Å². The number of ether oxygens (including phenoxy) is 2. The molecule has 0 spiro atoms. The van der Waals surface area contributed by atoms with E-state index in [0.717, 1.165) is 5.56 Å². The molecular weight excluding hydrogens is 182 g/mol. The number of rotatable bonds is 3. The van der Waals surface area contributed by atoms with Gasteiger partial charge in [0.05, 0.1) is 25.0 Å². The number of hydrogen-bond donors (Lipinski definition) is 1. The zero-order valence-corrected chi connectivity index (χ0v) is 8.24. The maximum Gasteiger partial charge on any atom is 0.339 e. The molecule has 0 atom stereocenters. The molecule has 0 aromatic heterocycles. The lowest BCUT2D eigenvalue weighted by Crippen LogP contribution is -2.08. The topological polar surface area (TPSA) is 61.5 Å². The summed E-state index contributed by atoms with van der Waals surface area (Å²) in [6.45, 7) is 0.386. The molecule has 0 saturated carbocycles. The molecule has 4 nitrogen and oxygen atoms in total. The lowest BCUT2D eigenvalue weighted by molar-refractivity contribution is 0.0601. The maximum absolute atomic E-state index is 11.2. The van der Waals surface area contributed by atoms with Gasteiger partial charge in [0, 0.05) is 12.7 Å². The zero-order chi connectivity index (χ0) is 10.6. The van der Waals surface area contributed by atoms with Crippen LogP contribution < -0.4 is 5.73 Å². The van der Waals surface area contributed by atoms with Gasteiger partial charge in [0.15, 0.2) is 0 Å². The summed E-state index contributed by atoms with van der Waals surface area (Å²) < 4.78 is 9.54. The van der Waals surface area contributed by atoms with Crippen LogP contribution in [0.2, 0.25) is 0 Å².